The van der Waals surface area contributed by atoms with Crippen LogP contribution in [-0.2, 0) is 28.1 Å². The van der Waals surface area contributed by atoms with Crippen LogP contribution in [0.2, 0.25) is 10.0 Å². The third kappa shape index (κ3) is 4.06. The molecule has 13 heteroatoms. The zero-order valence-electron chi connectivity index (χ0n) is 16.5. The van der Waals surface area contributed by atoms with Gasteiger partial charge in [0.25, 0.3) is 11.5 Å². The minimum atomic E-state index is -4.95. The lowest BCUT2D eigenvalue weighted by molar-refractivity contribution is -0.275. The van der Waals surface area contributed by atoms with E-state index in [0.717, 1.165) is 23.5 Å². The number of fused-ring (bicyclic) bond motifs is 1. The molecule has 2 N–H and O–H groups in total. The maximum atomic E-state index is 14.2. The van der Waals surface area contributed by atoms with E-state index in [1.54, 1.807) is 0 Å². The second-order valence-corrected chi connectivity index (χ2v) is 9.37. The Balaban J connectivity index is 1.72. The Bertz CT molecular complexity index is 1170. The highest BCUT2D eigenvalue weighted by Crippen LogP contribution is 2.51. The number of carboxylic acids is 1. The molecule has 1 amide bonds. The highest BCUT2D eigenvalue weighted by molar-refractivity contribution is 7.16. The van der Waals surface area contributed by atoms with Gasteiger partial charge in [-0.15, -0.1) is 11.3 Å². The first-order chi connectivity index (χ1) is 15.4. The largest absolute Gasteiger partial charge is 0.480 e. The van der Waals surface area contributed by atoms with E-state index >= 15 is 0 Å². The summed E-state index contributed by atoms with van der Waals surface area (Å²) in [4.78, 5) is 28.8. The van der Waals surface area contributed by atoms with Crippen LogP contribution in [0.3, 0.4) is 0 Å². The summed E-state index contributed by atoms with van der Waals surface area (Å²) in [6.07, 6.45) is -3.95. The summed E-state index contributed by atoms with van der Waals surface area (Å²) >= 11 is 12.4. The molecule has 1 aromatic carbocycles. The summed E-state index contributed by atoms with van der Waals surface area (Å²) in [5.74, 6) is -2.89. The molecule has 2 aromatic rings. The zero-order chi connectivity index (χ0) is 24.1. The molecular weight excluding hydrogens is 511 g/mol. The molecule has 0 bridgehead atoms. The second-order valence-electron chi connectivity index (χ2n) is 7.53. The second kappa shape index (κ2) is 8.44. The Hall–Kier alpha value is -2.37. The third-order valence-corrected chi connectivity index (χ3v) is 7.35. The Labute approximate surface area is 198 Å². The predicted octanol–water partition coefficient (Wildman–Crippen LogP) is 5.08. The normalized spacial score (nSPS) is 19.8. The number of halogens is 6. The van der Waals surface area contributed by atoms with Crippen LogP contribution in [0.15, 0.2) is 17.3 Å². The summed E-state index contributed by atoms with van der Waals surface area (Å²) in [6, 6.07) is 1.61. The predicted molar refractivity (Wildman–Crippen MR) is 113 cm³/mol. The molecule has 33 heavy (non-hydrogen) atoms. The quantitative estimate of drug-likeness (QED) is 0.421. The van der Waals surface area contributed by atoms with Crippen LogP contribution in [0.5, 0.6) is 0 Å². The van der Waals surface area contributed by atoms with Crippen molar-refractivity contribution in [2.45, 2.75) is 37.5 Å². The summed E-state index contributed by atoms with van der Waals surface area (Å²) in [6.45, 7) is -0.589. The first kappa shape index (κ1) is 23.8. The van der Waals surface area contributed by atoms with Crippen LogP contribution in [0.1, 0.15) is 44.1 Å². The van der Waals surface area contributed by atoms with Crippen LogP contribution in [0.4, 0.5) is 17.6 Å². The molecular formula is C20H14Cl2F4N2O4S. The Morgan fingerprint density at radius 2 is 1.85 bits per heavy atom. The van der Waals surface area contributed by atoms with E-state index in [9.17, 15) is 27.2 Å². The van der Waals surface area contributed by atoms with E-state index in [1.807, 2.05) is 0 Å². The average Bonchev–Trinajstić information content (AvgIpc) is 3.44. The van der Waals surface area contributed by atoms with Gasteiger partial charge >= 0.3 is 12.1 Å². The maximum absolute atomic E-state index is 14.2. The standard InChI is InChI=1S/C20H14Cl2F4N2O4S/c21-11-4-8(5-12(22)15(11)23)19(20(24,25)26)6-13(28-32-19)16-9-2-1-3-10(9)17(33-16)18(31)27-7-14(29)30/h4-5H,1-3,6-7H2,(H,27,31)(H,29,30). The molecule has 0 fully saturated rings. The number of aliphatic carboxylic acids is 1. The third-order valence-electron chi connectivity index (χ3n) is 5.47. The number of carbonyl (C=O) groups is 2. The highest BCUT2D eigenvalue weighted by Gasteiger charge is 2.63. The number of oxime groups is 1. The van der Waals surface area contributed by atoms with Crippen molar-refractivity contribution in [3.8, 4) is 0 Å². The fraction of sp³-hybridized carbons (Fsp3) is 0.350. The Morgan fingerprint density at radius 3 is 2.45 bits per heavy atom. The van der Waals surface area contributed by atoms with E-state index in [0.29, 0.717) is 35.3 Å². The monoisotopic (exact) mass is 524 g/mol. The van der Waals surface area contributed by atoms with Crippen LogP contribution < -0.4 is 5.32 Å². The van der Waals surface area contributed by atoms with Crippen LogP contribution in [-0.4, -0.2) is 35.4 Å². The molecule has 1 unspecified atom stereocenters. The van der Waals surface area contributed by atoms with Gasteiger partial charge in [0.05, 0.1) is 26.2 Å². The fourth-order valence-corrected chi connectivity index (χ4v) is 5.72. The number of benzene rings is 1. The summed E-state index contributed by atoms with van der Waals surface area (Å²) in [5.41, 5.74) is -2.11. The van der Waals surface area contributed by atoms with Crippen molar-refractivity contribution in [3.05, 3.63) is 54.4 Å². The van der Waals surface area contributed by atoms with E-state index in [4.69, 9.17) is 33.1 Å². The number of thiophene rings is 1. The first-order valence-electron chi connectivity index (χ1n) is 9.56. The van der Waals surface area contributed by atoms with E-state index in [1.165, 1.54) is 0 Å². The molecule has 0 saturated heterocycles. The number of alkyl halides is 3. The zero-order valence-corrected chi connectivity index (χ0v) is 18.8. The van der Waals surface area contributed by atoms with Crippen LogP contribution >= 0.6 is 34.5 Å². The molecule has 1 aliphatic heterocycles. The van der Waals surface area contributed by atoms with Gasteiger partial charge in [0, 0.05) is 5.56 Å². The number of rotatable bonds is 5. The smallest absolute Gasteiger partial charge is 0.435 e. The molecule has 1 atom stereocenters. The van der Waals surface area contributed by atoms with Gasteiger partial charge in [-0.1, -0.05) is 28.4 Å². The summed E-state index contributed by atoms with van der Waals surface area (Å²) in [5, 5.41) is 13.6. The van der Waals surface area contributed by atoms with Crippen molar-refractivity contribution >= 4 is 52.1 Å². The lowest BCUT2D eigenvalue weighted by Gasteiger charge is -2.29. The summed E-state index contributed by atoms with van der Waals surface area (Å²) in [7, 11) is 0. The molecule has 6 nitrogen and oxygen atoms in total. The van der Waals surface area contributed by atoms with Crippen molar-refractivity contribution < 1.29 is 37.1 Å². The van der Waals surface area contributed by atoms with Crippen molar-refractivity contribution in [2.24, 2.45) is 5.16 Å². The Morgan fingerprint density at radius 1 is 1.21 bits per heavy atom. The number of carboxylic acid groups (broad SMARTS) is 1. The van der Waals surface area contributed by atoms with Gasteiger partial charge in [0.1, 0.15) is 12.3 Å². The highest BCUT2D eigenvalue weighted by atomic mass is 35.5. The molecule has 0 saturated carbocycles. The van der Waals surface area contributed by atoms with Gasteiger partial charge in [0.2, 0.25) is 0 Å². The lowest BCUT2D eigenvalue weighted by atomic mass is 9.87. The number of carbonyl (C=O) groups excluding carboxylic acids is 1. The van der Waals surface area contributed by atoms with Gasteiger partial charge in [-0.05, 0) is 42.5 Å². The molecule has 1 aliphatic carbocycles. The van der Waals surface area contributed by atoms with Crippen molar-refractivity contribution in [1.29, 1.82) is 0 Å². The molecule has 2 heterocycles. The molecule has 1 aromatic heterocycles. The molecule has 2 aliphatic rings. The minimum absolute atomic E-state index is 0.0238. The van der Waals surface area contributed by atoms with E-state index < -0.39 is 58.0 Å². The van der Waals surface area contributed by atoms with E-state index in [2.05, 4.69) is 10.5 Å². The lowest BCUT2D eigenvalue weighted by Crippen LogP contribution is -2.42. The first-order valence-corrected chi connectivity index (χ1v) is 11.1. The van der Waals surface area contributed by atoms with Gasteiger partial charge < -0.3 is 15.3 Å². The van der Waals surface area contributed by atoms with Gasteiger partial charge in [-0.25, -0.2) is 4.39 Å². The minimum Gasteiger partial charge on any atom is -0.480 e. The van der Waals surface area contributed by atoms with Gasteiger partial charge in [0.15, 0.2) is 5.82 Å². The maximum Gasteiger partial charge on any atom is 0.435 e. The fourth-order valence-electron chi connectivity index (χ4n) is 3.94. The van der Waals surface area contributed by atoms with Crippen molar-refractivity contribution in [1.82, 2.24) is 5.32 Å². The molecule has 0 radical (unpaired) electrons. The number of hydrogen-bond donors (Lipinski definition) is 2. The number of nitrogens with zero attached hydrogens (tertiary/aromatic N) is 1. The van der Waals surface area contributed by atoms with E-state index in [-0.39, 0.29) is 10.6 Å². The summed E-state index contributed by atoms with van der Waals surface area (Å²) < 4.78 is 56.5. The molecule has 176 valence electrons. The van der Waals surface area contributed by atoms with Crippen LogP contribution in [0, 0.1) is 5.82 Å². The number of hydrogen-bond acceptors (Lipinski definition) is 5. The SMILES string of the molecule is O=C(O)CNC(=O)c1sc(C2=NOC(c3cc(Cl)c(F)c(Cl)c3)(C(F)(F)F)C2)c2c1CCC2. The molecule has 0 spiro atoms. The number of amides is 1. The van der Waals surface area contributed by atoms with Gasteiger partial charge in [-0.3, -0.25) is 9.59 Å². The number of nitrogens with one attached hydrogen (secondary N) is 1. The Kier molecular flexibility index (Phi) is 6.08. The van der Waals surface area contributed by atoms with Crippen molar-refractivity contribution in [2.75, 3.05) is 6.54 Å². The van der Waals surface area contributed by atoms with Crippen LogP contribution in [0.25, 0.3) is 0 Å². The van der Waals surface area contributed by atoms with Gasteiger partial charge in [-0.2, -0.15) is 13.2 Å². The average molecular weight is 525 g/mol. The topological polar surface area (TPSA) is 88.0 Å². The van der Waals surface area contributed by atoms with Crippen molar-refractivity contribution in [3.63, 3.8) is 0 Å². The molecule has 4 rings (SSSR count).